The largest absolute Gasteiger partial charge is 0.347 e. The molecular formula is C11H12FN3O4. The predicted molar refractivity (Wildman–Crippen MR) is 64.1 cm³/mol. The number of halogens is 1. The minimum absolute atomic E-state index is 0.276. The number of hydrogen-bond donors (Lipinski definition) is 1. The van der Waals surface area contributed by atoms with Crippen LogP contribution in [0.5, 0.6) is 0 Å². The van der Waals surface area contributed by atoms with Crippen LogP contribution >= 0.6 is 0 Å². The van der Waals surface area contributed by atoms with E-state index in [1.807, 2.05) is 0 Å². The van der Waals surface area contributed by atoms with Crippen LogP contribution in [0.3, 0.4) is 0 Å². The number of benzene rings is 1. The lowest BCUT2D eigenvalue weighted by atomic mass is 10.2. The van der Waals surface area contributed by atoms with E-state index in [0.717, 1.165) is 12.1 Å². The first-order valence-corrected chi connectivity index (χ1v) is 5.25. The number of rotatable bonds is 4. The summed E-state index contributed by atoms with van der Waals surface area (Å²) in [5, 5.41) is 12.6. The normalized spacial score (nSPS) is 9.84. The molecule has 1 aromatic rings. The minimum Gasteiger partial charge on any atom is -0.347 e. The number of carbonyl (C=O) groups excluding carboxylic acids is 2. The predicted octanol–water partition coefficient (Wildman–Crippen LogP) is 0.552. The van der Waals surface area contributed by atoms with Gasteiger partial charge in [0.15, 0.2) is 0 Å². The molecule has 0 aliphatic heterocycles. The van der Waals surface area contributed by atoms with Gasteiger partial charge < -0.3 is 10.2 Å². The Kier molecular flexibility index (Phi) is 4.51. The molecule has 7 nitrogen and oxygen atoms in total. The van der Waals surface area contributed by atoms with Gasteiger partial charge in [-0.25, -0.2) is 4.39 Å². The lowest BCUT2D eigenvalue weighted by Crippen LogP contribution is -2.36. The summed E-state index contributed by atoms with van der Waals surface area (Å²) in [5.74, 6) is -2.16. The molecular weight excluding hydrogens is 257 g/mol. The molecule has 2 amide bonds. The Labute approximate surface area is 108 Å². The molecule has 0 spiro atoms. The zero-order valence-electron chi connectivity index (χ0n) is 10.3. The Hall–Kier alpha value is -2.51. The first-order chi connectivity index (χ1) is 8.82. The van der Waals surface area contributed by atoms with Crippen molar-refractivity contribution in [2.24, 2.45) is 0 Å². The number of non-ortho nitro benzene ring substituents is 1. The molecule has 1 aromatic carbocycles. The molecule has 0 radical (unpaired) electrons. The van der Waals surface area contributed by atoms with Gasteiger partial charge in [-0.1, -0.05) is 0 Å². The molecule has 1 rings (SSSR count). The fourth-order valence-electron chi connectivity index (χ4n) is 1.21. The Morgan fingerprint density at radius 3 is 2.53 bits per heavy atom. The molecule has 0 heterocycles. The highest BCUT2D eigenvalue weighted by Gasteiger charge is 2.16. The molecule has 0 aliphatic carbocycles. The maximum atomic E-state index is 13.5. The van der Waals surface area contributed by atoms with Crippen LogP contribution in [0.15, 0.2) is 18.2 Å². The lowest BCUT2D eigenvalue weighted by Gasteiger charge is -2.11. The van der Waals surface area contributed by atoms with Crippen molar-refractivity contribution in [3.8, 4) is 0 Å². The average Bonchev–Trinajstić information content (AvgIpc) is 2.34. The van der Waals surface area contributed by atoms with Crippen molar-refractivity contribution in [2.75, 3.05) is 20.6 Å². The molecule has 0 aliphatic rings. The summed E-state index contributed by atoms with van der Waals surface area (Å²) in [5.41, 5.74) is -0.796. The van der Waals surface area contributed by atoms with Crippen molar-refractivity contribution in [2.45, 2.75) is 0 Å². The van der Waals surface area contributed by atoms with E-state index in [2.05, 4.69) is 5.32 Å². The molecule has 0 atom stereocenters. The maximum Gasteiger partial charge on any atom is 0.272 e. The molecule has 102 valence electrons. The highest BCUT2D eigenvalue weighted by atomic mass is 19.1. The van der Waals surface area contributed by atoms with Crippen molar-refractivity contribution in [1.82, 2.24) is 10.2 Å². The summed E-state index contributed by atoms with van der Waals surface area (Å²) in [7, 11) is 3.03. The third-order valence-electron chi connectivity index (χ3n) is 2.31. The van der Waals surface area contributed by atoms with E-state index in [1.165, 1.54) is 19.0 Å². The number of nitrogens with one attached hydrogen (secondary N) is 1. The average molecular weight is 269 g/mol. The lowest BCUT2D eigenvalue weighted by molar-refractivity contribution is -0.385. The molecule has 0 aromatic heterocycles. The number of nitro benzene ring substituents is 1. The van der Waals surface area contributed by atoms with E-state index in [0.29, 0.717) is 6.07 Å². The van der Waals surface area contributed by atoms with E-state index in [1.54, 1.807) is 0 Å². The van der Waals surface area contributed by atoms with Gasteiger partial charge in [-0.2, -0.15) is 0 Å². The number of amides is 2. The second kappa shape index (κ2) is 5.89. The number of carbonyl (C=O) groups is 2. The number of nitro groups is 1. The Balaban J connectivity index is 2.78. The van der Waals surface area contributed by atoms with Crippen LogP contribution in [-0.2, 0) is 4.79 Å². The van der Waals surface area contributed by atoms with Crippen LogP contribution in [0.2, 0.25) is 0 Å². The number of likely N-dealkylation sites (N-methyl/N-ethyl adjacent to an activating group) is 1. The third-order valence-corrected chi connectivity index (χ3v) is 2.31. The Bertz CT molecular complexity index is 531. The second-order valence-electron chi connectivity index (χ2n) is 3.89. The summed E-state index contributed by atoms with van der Waals surface area (Å²) in [6.07, 6.45) is 0. The van der Waals surface area contributed by atoms with Gasteiger partial charge in [0.2, 0.25) is 5.91 Å². The Morgan fingerprint density at radius 1 is 1.42 bits per heavy atom. The number of hydrogen-bond acceptors (Lipinski definition) is 4. The maximum absolute atomic E-state index is 13.5. The zero-order valence-corrected chi connectivity index (χ0v) is 10.3. The summed E-state index contributed by atoms with van der Waals surface area (Å²) < 4.78 is 13.5. The molecule has 19 heavy (non-hydrogen) atoms. The van der Waals surface area contributed by atoms with Gasteiger partial charge in [0.05, 0.1) is 23.1 Å². The van der Waals surface area contributed by atoms with Gasteiger partial charge in [-0.15, -0.1) is 0 Å². The minimum atomic E-state index is -1.01. The Morgan fingerprint density at radius 2 is 2.05 bits per heavy atom. The monoisotopic (exact) mass is 269 g/mol. The van der Waals surface area contributed by atoms with Gasteiger partial charge in [0, 0.05) is 20.2 Å². The quantitative estimate of drug-likeness (QED) is 0.638. The first kappa shape index (κ1) is 14.6. The van der Waals surface area contributed by atoms with Crippen molar-refractivity contribution >= 4 is 17.5 Å². The molecule has 0 fully saturated rings. The third kappa shape index (κ3) is 3.73. The van der Waals surface area contributed by atoms with Crippen molar-refractivity contribution in [3.05, 3.63) is 39.7 Å². The van der Waals surface area contributed by atoms with Gasteiger partial charge in [0.1, 0.15) is 5.82 Å². The fraction of sp³-hybridized carbons (Fsp3) is 0.273. The smallest absolute Gasteiger partial charge is 0.272 e. The highest BCUT2D eigenvalue weighted by Crippen LogP contribution is 2.16. The highest BCUT2D eigenvalue weighted by molar-refractivity contribution is 5.96. The van der Waals surface area contributed by atoms with Crippen LogP contribution in [0.25, 0.3) is 0 Å². The van der Waals surface area contributed by atoms with Crippen molar-refractivity contribution in [1.29, 1.82) is 0 Å². The summed E-state index contributed by atoms with van der Waals surface area (Å²) in [6.45, 7) is -0.276. The van der Waals surface area contributed by atoms with Crippen LogP contribution in [0, 0.1) is 15.9 Å². The topological polar surface area (TPSA) is 92.6 Å². The number of nitrogens with zero attached hydrogens (tertiary/aromatic N) is 2. The SMILES string of the molecule is CN(C)C(=O)CNC(=O)c1ccc([N+](=O)[O-])cc1F. The van der Waals surface area contributed by atoms with E-state index < -0.39 is 22.3 Å². The van der Waals surface area contributed by atoms with Crippen LogP contribution in [0.1, 0.15) is 10.4 Å². The molecule has 8 heteroatoms. The van der Waals surface area contributed by atoms with Gasteiger partial charge in [-0.05, 0) is 6.07 Å². The van der Waals surface area contributed by atoms with Gasteiger partial charge in [-0.3, -0.25) is 19.7 Å². The molecule has 0 saturated heterocycles. The van der Waals surface area contributed by atoms with Crippen LogP contribution < -0.4 is 5.32 Å². The van der Waals surface area contributed by atoms with Crippen LogP contribution in [-0.4, -0.2) is 42.3 Å². The van der Waals surface area contributed by atoms with E-state index >= 15 is 0 Å². The van der Waals surface area contributed by atoms with Gasteiger partial charge in [0.25, 0.3) is 11.6 Å². The molecule has 0 saturated carbocycles. The summed E-state index contributed by atoms with van der Waals surface area (Å²) in [4.78, 5) is 33.7. The zero-order chi connectivity index (χ0) is 14.6. The van der Waals surface area contributed by atoms with Crippen LogP contribution in [0.4, 0.5) is 10.1 Å². The molecule has 1 N–H and O–H groups in total. The van der Waals surface area contributed by atoms with E-state index in [9.17, 15) is 24.1 Å². The van der Waals surface area contributed by atoms with E-state index in [-0.39, 0.29) is 18.0 Å². The summed E-state index contributed by atoms with van der Waals surface area (Å²) in [6, 6.07) is 2.68. The van der Waals surface area contributed by atoms with Gasteiger partial charge >= 0.3 is 0 Å². The van der Waals surface area contributed by atoms with E-state index in [4.69, 9.17) is 0 Å². The molecule has 0 unspecified atom stereocenters. The van der Waals surface area contributed by atoms with Crippen molar-refractivity contribution < 1.29 is 18.9 Å². The first-order valence-electron chi connectivity index (χ1n) is 5.25. The fourth-order valence-corrected chi connectivity index (χ4v) is 1.21. The standard InChI is InChI=1S/C11H12FN3O4/c1-14(2)10(16)6-13-11(17)8-4-3-7(15(18)19)5-9(8)12/h3-5H,6H2,1-2H3,(H,13,17). The second-order valence-corrected chi connectivity index (χ2v) is 3.89. The summed E-state index contributed by atoms with van der Waals surface area (Å²) >= 11 is 0. The molecule has 0 bridgehead atoms. The van der Waals surface area contributed by atoms with Crippen molar-refractivity contribution in [3.63, 3.8) is 0 Å².